The summed E-state index contributed by atoms with van der Waals surface area (Å²) >= 11 is 0. The van der Waals surface area contributed by atoms with Crippen LogP contribution in [0.3, 0.4) is 0 Å². The van der Waals surface area contributed by atoms with Crippen molar-refractivity contribution in [2.24, 2.45) is 0 Å². The van der Waals surface area contributed by atoms with Crippen LogP contribution in [0, 0.1) is 0 Å². The summed E-state index contributed by atoms with van der Waals surface area (Å²) in [4.78, 5) is 12.0. The van der Waals surface area contributed by atoms with Gasteiger partial charge in [-0.25, -0.2) is 4.79 Å². The molecule has 0 atom stereocenters. The number of rotatable bonds is 20. The molecule has 0 aromatic heterocycles. The zero-order valence-electron chi connectivity index (χ0n) is 29.7. The third kappa shape index (κ3) is 20.1. The Morgan fingerprint density at radius 2 is 1.10 bits per heavy atom. The highest BCUT2D eigenvalue weighted by molar-refractivity contribution is 6.74. The summed E-state index contributed by atoms with van der Waals surface area (Å²) in [7, 11) is -1.83. The Balaban J connectivity index is 4.89. The van der Waals surface area contributed by atoms with Crippen molar-refractivity contribution in [2.45, 2.75) is 152 Å². The van der Waals surface area contributed by atoms with Gasteiger partial charge in [0.2, 0.25) is 0 Å². The van der Waals surface area contributed by atoms with E-state index in [1.807, 2.05) is 19.9 Å². The summed E-state index contributed by atoms with van der Waals surface area (Å²) in [6, 6.07) is 0. The van der Waals surface area contributed by atoms with Crippen LogP contribution in [0.2, 0.25) is 18.1 Å². The molecule has 0 heterocycles. The van der Waals surface area contributed by atoms with E-state index in [-0.39, 0.29) is 11.0 Å². The zero-order chi connectivity index (χ0) is 32.2. The van der Waals surface area contributed by atoms with Crippen LogP contribution in [0.1, 0.15) is 133 Å². The third-order valence-electron chi connectivity index (χ3n) is 8.18. The smallest absolute Gasteiger partial charge is 0.333 e. The molecular formula is C38H66O3Si. The van der Waals surface area contributed by atoms with Crippen LogP contribution in [0.4, 0.5) is 0 Å². The van der Waals surface area contributed by atoms with Crippen molar-refractivity contribution < 1.29 is 14.0 Å². The molecule has 0 radical (unpaired) electrons. The van der Waals surface area contributed by atoms with Gasteiger partial charge in [-0.15, -0.1) is 0 Å². The predicted octanol–water partition coefficient (Wildman–Crippen LogP) is 12.2. The summed E-state index contributed by atoms with van der Waals surface area (Å²) in [6.45, 7) is 27.4. The quantitative estimate of drug-likeness (QED) is 0.0460. The molecule has 0 saturated heterocycles. The van der Waals surface area contributed by atoms with Gasteiger partial charge in [-0.1, -0.05) is 79.5 Å². The summed E-state index contributed by atoms with van der Waals surface area (Å²) in [5, 5.41) is 0.186. The van der Waals surface area contributed by atoms with Gasteiger partial charge < -0.3 is 9.16 Å². The molecule has 0 aromatic carbocycles. The molecule has 0 aliphatic carbocycles. The topological polar surface area (TPSA) is 35.5 Å². The summed E-state index contributed by atoms with van der Waals surface area (Å²) in [5.74, 6) is -0.219. The van der Waals surface area contributed by atoms with E-state index in [4.69, 9.17) is 9.16 Å². The van der Waals surface area contributed by atoms with Crippen LogP contribution in [0.25, 0.3) is 0 Å². The fourth-order valence-electron chi connectivity index (χ4n) is 4.13. The molecule has 42 heavy (non-hydrogen) atoms. The standard InChI is InChI=1S/C38H66O3Si/c1-13-40-37(39)35(7)27-19-29-36(30-41-42(11,12)38(8,9)10)28-18-26-33(5)22-15-14-21-32(4)24-17-25-34(6)23-16-20-31(2)3/h20-22,25,27-28H,13-19,23-24,26,29-30H2,1-12H3/b32-21+,33-22+,34-25+,35-27+,36-28-. The number of ether oxygens (including phenoxy) is 1. The van der Waals surface area contributed by atoms with Crippen molar-refractivity contribution in [3.63, 3.8) is 0 Å². The molecule has 0 aromatic rings. The number of carbonyl (C=O) groups excluding carboxylic acids is 1. The number of hydrogen-bond donors (Lipinski definition) is 0. The number of carbonyl (C=O) groups is 1. The largest absolute Gasteiger partial charge is 0.463 e. The maximum atomic E-state index is 12.0. The minimum absolute atomic E-state index is 0.186. The molecule has 0 saturated carbocycles. The van der Waals surface area contributed by atoms with E-state index in [1.165, 1.54) is 34.3 Å². The second-order valence-electron chi connectivity index (χ2n) is 13.7. The number of esters is 1. The summed E-state index contributed by atoms with van der Waals surface area (Å²) in [5.41, 5.74) is 7.88. The van der Waals surface area contributed by atoms with Crippen LogP contribution in [-0.4, -0.2) is 27.5 Å². The molecule has 0 aliphatic rings. The van der Waals surface area contributed by atoms with Crippen LogP contribution < -0.4 is 0 Å². The third-order valence-corrected chi connectivity index (χ3v) is 12.7. The fraction of sp³-hybridized carbons (Fsp3) is 0.658. The SMILES string of the molecule is CCOC(=O)/C(C)=C/CC/C(=C/CC/C(C)=C/CC/C=C(\C)CC/C=C(\C)CCC=C(C)C)CO[Si](C)(C)C(C)(C)C. The molecule has 4 heteroatoms. The van der Waals surface area contributed by atoms with Gasteiger partial charge >= 0.3 is 5.97 Å². The molecule has 240 valence electrons. The van der Waals surface area contributed by atoms with E-state index in [2.05, 4.69) is 98.9 Å². The Morgan fingerprint density at radius 1 is 0.643 bits per heavy atom. The van der Waals surface area contributed by atoms with Gasteiger partial charge in [-0.2, -0.15) is 0 Å². The second-order valence-corrected chi connectivity index (χ2v) is 18.5. The van der Waals surface area contributed by atoms with Gasteiger partial charge in [0.25, 0.3) is 0 Å². The first-order valence-electron chi connectivity index (χ1n) is 16.3. The van der Waals surface area contributed by atoms with E-state index in [0.29, 0.717) is 18.8 Å². The lowest BCUT2D eigenvalue weighted by atomic mass is 10.0. The highest BCUT2D eigenvalue weighted by atomic mass is 28.4. The lowest BCUT2D eigenvalue weighted by Crippen LogP contribution is -2.41. The van der Waals surface area contributed by atoms with Crippen molar-refractivity contribution in [3.8, 4) is 0 Å². The Labute approximate surface area is 262 Å². The minimum atomic E-state index is -1.83. The van der Waals surface area contributed by atoms with Crippen molar-refractivity contribution >= 4 is 14.3 Å². The van der Waals surface area contributed by atoms with E-state index >= 15 is 0 Å². The van der Waals surface area contributed by atoms with Crippen molar-refractivity contribution in [3.05, 3.63) is 69.9 Å². The summed E-state index contributed by atoms with van der Waals surface area (Å²) in [6.07, 6.45) is 24.6. The Bertz CT molecular complexity index is 976. The van der Waals surface area contributed by atoms with E-state index < -0.39 is 8.32 Å². The lowest BCUT2D eigenvalue weighted by Gasteiger charge is -2.36. The second kappa shape index (κ2) is 21.7. The first-order chi connectivity index (χ1) is 19.6. The number of hydrogen-bond acceptors (Lipinski definition) is 3. The molecule has 0 spiro atoms. The van der Waals surface area contributed by atoms with Gasteiger partial charge in [0.05, 0.1) is 13.2 Å². The van der Waals surface area contributed by atoms with E-state index in [9.17, 15) is 4.79 Å². The Hall–Kier alpha value is -1.91. The molecule has 0 bridgehead atoms. The molecule has 0 aliphatic heterocycles. The number of allylic oxidation sites excluding steroid dienone is 10. The predicted molar refractivity (Wildman–Crippen MR) is 188 cm³/mol. The maximum absolute atomic E-state index is 12.0. The monoisotopic (exact) mass is 598 g/mol. The number of unbranched alkanes of at least 4 members (excludes halogenated alkanes) is 1. The van der Waals surface area contributed by atoms with Crippen LogP contribution in [0.5, 0.6) is 0 Å². The maximum Gasteiger partial charge on any atom is 0.333 e. The van der Waals surface area contributed by atoms with Crippen LogP contribution in [-0.2, 0) is 14.0 Å². The molecule has 0 rings (SSSR count). The normalized spacial score (nSPS) is 14.3. The Morgan fingerprint density at radius 3 is 1.57 bits per heavy atom. The average molecular weight is 599 g/mol. The molecule has 0 amide bonds. The molecule has 0 unspecified atom stereocenters. The average Bonchev–Trinajstić information content (AvgIpc) is 2.88. The fourth-order valence-corrected chi connectivity index (χ4v) is 5.11. The first-order valence-corrected chi connectivity index (χ1v) is 19.3. The molecule has 0 fully saturated rings. The van der Waals surface area contributed by atoms with Crippen molar-refractivity contribution in [1.82, 2.24) is 0 Å². The van der Waals surface area contributed by atoms with Gasteiger partial charge in [-0.05, 0) is 136 Å². The van der Waals surface area contributed by atoms with Gasteiger partial charge in [0.1, 0.15) is 0 Å². The summed E-state index contributed by atoms with van der Waals surface area (Å²) < 4.78 is 11.7. The van der Waals surface area contributed by atoms with Crippen molar-refractivity contribution in [2.75, 3.05) is 13.2 Å². The first kappa shape index (κ1) is 40.1. The molecular weight excluding hydrogens is 533 g/mol. The van der Waals surface area contributed by atoms with Crippen LogP contribution in [0.15, 0.2) is 69.9 Å². The highest BCUT2D eigenvalue weighted by Crippen LogP contribution is 2.37. The highest BCUT2D eigenvalue weighted by Gasteiger charge is 2.37. The van der Waals surface area contributed by atoms with Gasteiger partial charge in [0, 0.05) is 5.57 Å². The van der Waals surface area contributed by atoms with Crippen molar-refractivity contribution in [1.29, 1.82) is 0 Å². The lowest BCUT2D eigenvalue weighted by molar-refractivity contribution is -0.138. The minimum Gasteiger partial charge on any atom is -0.463 e. The molecule has 3 nitrogen and oxygen atoms in total. The Kier molecular flexibility index (Phi) is 20.7. The van der Waals surface area contributed by atoms with E-state index in [0.717, 1.165) is 57.8 Å². The van der Waals surface area contributed by atoms with E-state index in [1.54, 1.807) is 0 Å². The zero-order valence-corrected chi connectivity index (χ0v) is 30.7. The van der Waals surface area contributed by atoms with Crippen LogP contribution >= 0.6 is 0 Å². The van der Waals surface area contributed by atoms with Gasteiger partial charge in [0.15, 0.2) is 8.32 Å². The van der Waals surface area contributed by atoms with Gasteiger partial charge in [-0.3, -0.25) is 0 Å². The molecule has 0 N–H and O–H groups in total.